The minimum Gasteiger partial charge on any atom is -1.00 e. The molecular weight excluding hydrogens is 138 g/mol. The van der Waals surface area contributed by atoms with Gasteiger partial charge in [0.1, 0.15) is 0 Å². The Labute approximate surface area is 88.0 Å². The molecule has 0 aliphatic rings. The molecule has 0 aromatic carbocycles. The van der Waals surface area contributed by atoms with Crippen LogP contribution in [0.4, 0.5) is 0 Å². The molecule has 1 atom stereocenters. The van der Waals surface area contributed by atoms with Gasteiger partial charge in [-0.05, 0) is 0 Å². The van der Waals surface area contributed by atoms with Gasteiger partial charge in [0, 0.05) is 0 Å². The van der Waals surface area contributed by atoms with Crippen molar-refractivity contribution in [3.05, 3.63) is 0 Å². The maximum absolute atomic E-state index is 5.34. The van der Waals surface area contributed by atoms with Crippen LogP contribution in [0.3, 0.4) is 0 Å². The molecule has 10 heavy (non-hydrogen) atoms. The predicted octanol–water partition coefficient (Wildman–Crippen LogP) is -1.41. The Morgan fingerprint density at radius 3 is 1.90 bits per heavy atom. The van der Waals surface area contributed by atoms with E-state index in [2.05, 4.69) is 16.6 Å². The molecule has 0 aliphatic carbocycles. The van der Waals surface area contributed by atoms with Crippen LogP contribution < -0.4 is 18.9 Å². The molecular formula is C6H16AlLiO2. The van der Waals surface area contributed by atoms with Crippen LogP contribution in [0.1, 0.15) is 32.0 Å². The fourth-order valence-corrected chi connectivity index (χ4v) is 0.581. The standard InChI is InChI=1S/C6H13O2.Al.Li.3H/c1-5(7)8-6(2,3)4;;;;;/h5H,1-4H3;;;;;/q-1;+3;+1;3*-1. The van der Waals surface area contributed by atoms with Gasteiger partial charge in [-0.1, -0.05) is 0 Å². The third-order valence-electron chi connectivity index (χ3n) is 0.711. The SMILES string of the molecule is CC([O][Al+2])OC(C)(C)C.[H-].[H-].[H-].[Li+]. The van der Waals surface area contributed by atoms with Crippen molar-refractivity contribution in [1.29, 1.82) is 0 Å². The quantitative estimate of drug-likeness (QED) is 0.359. The second-order valence-electron chi connectivity index (χ2n) is 2.93. The van der Waals surface area contributed by atoms with Gasteiger partial charge in [0.15, 0.2) is 0 Å². The minimum absolute atomic E-state index is 0. The Morgan fingerprint density at radius 2 is 1.80 bits per heavy atom. The van der Waals surface area contributed by atoms with E-state index in [9.17, 15) is 0 Å². The van der Waals surface area contributed by atoms with Gasteiger partial charge >= 0.3 is 83.6 Å². The summed E-state index contributed by atoms with van der Waals surface area (Å²) in [5.41, 5.74) is -0.115. The van der Waals surface area contributed by atoms with E-state index in [1.165, 1.54) is 0 Å². The van der Waals surface area contributed by atoms with Crippen LogP contribution in [0, 0.1) is 0 Å². The van der Waals surface area contributed by atoms with Gasteiger partial charge in [0.05, 0.1) is 0 Å². The molecule has 0 saturated heterocycles. The summed E-state index contributed by atoms with van der Waals surface area (Å²) in [6.45, 7) is 7.84. The molecule has 0 rings (SSSR count). The number of hydrogen-bond acceptors (Lipinski definition) is 2. The van der Waals surface area contributed by atoms with Crippen LogP contribution in [0.25, 0.3) is 0 Å². The average molecular weight is 154 g/mol. The predicted molar refractivity (Wildman–Crippen MR) is 40.5 cm³/mol. The zero-order valence-electron chi connectivity index (χ0n) is 10.5. The Kier molecular flexibility index (Phi) is 7.72. The smallest absolute Gasteiger partial charge is 1.00 e. The normalized spacial score (nSPS) is 14.2. The van der Waals surface area contributed by atoms with Gasteiger partial charge in [0.25, 0.3) is 0 Å². The zero-order valence-corrected chi connectivity index (χ0v) is 8.63. The summed E-state index contributed by atoms with van der Waals surface area (Å²) in [4.78, 5) is 0. The number of rotatable bonds is 2. The molecule has 4 heteroatoms. The van der Waals surface area contributed by atoms with Crippen LogP contribution in [0.5, 0.6) is 0 Å². The van der Waals surface area contributed by atoms with E-state index in [1.807, 2.05) is 27.7 Å². The minimum atomic E-state index is -0.144. The monoisotopic (exact) mass is 154 g/mol. The van der Waals surface area contributed by atoms with Crippen molar-refractivity contribution in [2.75, 3.05) is 0 Å². The van der Waals surface area contributed by atoms with Gasteiger partial charge < -0.3 is 4.28 Å². The molecule has 0 aliphatic heterocycles. The summed E-state index contributed by atoms with van der Waals surface area (Å²) < 4.78 is 10.2. The van der Waals surface area contributed by atoms with Crippen molar-refractivity contribution >= 4 is 16.6 Å². The number of hydrogen-bond donors (Lipinski definition) is 0. The van der Waals surface area contributed by atoms with E-state index < -0.39 is 0 Å². The van der Waals surface area contributed by atoms with Gasteiger partial charge in [0.2, 0.25) is 0 Å². The van der Waals surface area contributed by atoms with Crippen molar-refractivity contribution in [3.8, 4) is 0 Å². The molecule has 0 spiro atoms. The molecule has 0 saturated carbocycles. The molecule has 2 nitrogen and oxygen atoms in total. The average Bonchev–Trinajstić information content (AvgIpc) is 1.62. The first-order chi connectivity index (χ1) is 3.95. The molecule has 0 radical (unpaired) electrons. The van der Waals surface area contributed by atoms with Crippen molar-refractivity contribution in [2.24, 2.45) is 0 Å². The van der Waals surface area contributed by atoms with Crippen molar-refractivity contribution in [1.82, 2.24) is 0 Å². The fourth-order valence-electron chi connectivity index (χ4n) is 0.526. The molecule has 0 bridgehead atoms. The summed E-state index contributed by atoms with van der Waals surface area (Å²) >= 11 is 2.17. The second-order valence-corrected chi connectivity index (χ2v) is 3.21. The molecule has 0 aromatic heterocycles. The molecule has 0 aromatic rings. The Hall–Kier alpha value is 1.05. The first-order valence-electron chi connectivity index (χ1n) is 2.99. The summed E-state index contributed by atoms with van der Waals surface area (Å²) in [7, 11) is 0. The van der Waals surface area contributed by atoms with Crippen LogP contribution in [0.15, 0.2) is 0 Å². The maximum atomic E-state index is 5.34. The Balaban J connectivity index is -0.0000000533. The molecule has 56 valence electrons. The summed E-state index contributed by atoms with van der Waals surface area (Å²) in [5.74, 6) is 0. The van der Waals surface area contributed by atoms with Crippen molar-refractivity contribution in [2.45, 2.75) is 39.6 Å². The first-order valence-corrected chi connectivity index (χ1v) is 3.46. The molecule has 0 heterocycles. The third kappa shape index (κ3) is 9.05. The fraction of sp³-hybridized carbons (Fsp3) is 1.00. The van der Waals surface area contributed by atoms with Gasteiger partial charge in [-0.3, -0.25) is 0 Å². The first kappa shape index (κ1) is 13.6. The van der Waals surface area contributed by atoms with Crippen LogP contribution in [-0.2, 0) is 8.53 Å². The van der Waals surface area contributed by atoms with Crippen LogP contribution in [-0.4, -0.2) is 28.5 Å². The van der Waals surface area contributed by atoms with E-state index in [0.29, 0.717) is 0 Å². The summed E-state index contributed by atoms with van der Waals surface area (Å²) in [6.07, 6.45) is -0.144. The zero-order chi connectivity index (χ0) is 7.49. The molecule has 0 amide bonds. The topological polar surface area (TPSA) is 18.5 Å². The van der Waals surface area contributed by atoms with E-state index in [0.717, 1.165) is 0 Å². The van der Waals surface area contributed by atoms with Crippen LogP contribution >= 0.6 is 0 Å². The molecule has 0 N–H and O–H groups in total. The summed E-state index contributed by atoms with van der Waals surface area (Å²) in [5, 5.41) is 0. The summed E-state index contributed by atoms with van der Waals surface area (Å²) in [6, 6.07) is 0. The third-order valence-corrected chi connectivity index (χ3v) is 1.09. The molecule has 1 unspecified atom stereocenters. The van der Waals surface area contributed by atoms with Crippen LogP contribution in [0.2, 0.25) is 0 Å². The van der Waals surface area contributed by atoms with E-state index in [1.54, 1.807) is 0 Å². The molecule has 0 fully saturated rings. The Morgan fingerprint density at radius 1 is 1.40 bits per heavy atom. The second kappa shape index (κ2) is 5.67. The van der Waals surface area contributed by atoms with E-state index in [4.69, 9.17) is 8.53 Å². The van der Waals surface area contributed by atoms with E-state index in [-0.39, 0.29) is 35.0 Å². The largest absolute Gasteiger partial charge is 1.00 e. The number of ether oxygens (including phenoxy) is 1. The van der Waals surface area contributed by atoms with E-state index >= 15 is 0 Å². The Bertz CT molecular complexity index is 92.4. The van der Waals surface area contributed by atoms with Gasteiger partial charge in [-0.15, -0.1) is 0 Å². The maximum Gasteiger partial charge on any atom is 1.00 e. The van der Waals surface area contributed by atoms with Crippen molar-refractivity contribution in [3.63, 3.8) is 0 Å². The van der Waals surface area contributed by atoms with Crippen molar-refractivity contribution < 1.29 is 31.7 Å². The van der Waals surface area contributed by atoms with Gasteiger partial charge in [-0.2, -0.15) is 0 Å². The van der Waals surface area contributed by atoms with Gasteiger partial charge in [-0.25, -0.2) is 0 Å².